The first-order valence-electron chi connectivity index (χ1n) is 7.74. The first kappa shape index (κ1) is 17.5. The molecule has 0 fully saturated rings. The first-order valence-corrected chi connectivity index (χ1v) is 9.00. The number of nitrogens with zero attached hydrogens (tertiary/aromatic N) is 2. The van der Waals surface area contributed by atoms with E-state index in [9.17, 15) is 4.79 Å². The van der Waals surface area contributed by atoms with Crippen molar-refractivity contribution in [2.45, 2.75) is 20.1 Å². The number of benzene rings is 1. The van der Waals surface area contributed by atoms with Crippen LogP contribution in [0.25, 0.3) is 0 Å². The van der Waals surface area contributed by atoms with Gasteiger partial charge in [-0.05, 0) is 42.6 Å². The van der Waals surface area contributed by atoms with E-state index in [2.05, 4.69) is 10.4 Å². The molecule has 0 saturated carbocycles. The highest BCUT2D eigenvalue weighted by Crippen LogP contribution is 2.20. The molecule has 0 bridgehead atoms. The van der Waals surface area contributed by atoms with Gasteiger partial charge in [-0.25, -0.2) is 0 Å². The van der Waals surface area contributed by atoms with Crippen molar-refractivity contribution >= 4 is 28.8 Å². The largest absolute Gasteiger partial charge is 0.489 e. The number of aryl methyl sites for hydroxylation is 1. The second-order valence-corrected chi connectivity index (χ2v) is 6.97. The lowest BCUT2D eigenvalue weighted by atomic mass is 10.2. The summed E-state index contributed by atoms with van der Waals surface area (Å²) in [5, 5.41) is 9.70. The Kier molecular flexibility index (Phi) is 5.40. The third-order valence-corrected chi connectivity index (χ3v) is 5.10. The van der Waals surface area contributed by atoms with Gasteiger partial charge in [-0.3, -0.25) is 9.48 Å². The number of amides is 1. The minimum atomic E-state index is -0.0917. The van der Waals surface area contributed by atoms with Gasteiger partial charge in [0.2, 0.25) is 0 Å². The number of halogens is 1. The highest BCUT2D eigenvalue weighted by molar-refractivity contribution is 7.12. The summed E-state index contributed by atoms with van der Waals surface area (Å²) in [4.78, 5) is 12.9. The van der Waals surface area contributed by atoms with Crippen LogP contribution in [0.3, 0.4) is 0 Å². The molecule has 0 aliphatic rings. The second kappa shape index (κ2) is 7.72. The number of aromatic nitrogens is 2. The molecule has 1 aromatic carbocycles. The average Bonchev–Trinajstić information content (AvgIpc) is 3.21. The van der Waals surface area contributed by atoms with Gasteiger partial charge < -0.3 is 10.1 Å². The molecule has 25 heavy (non-hydrogen) atoms. The van der Waals surface area contributed by atoms with Crippen molar-refractivity contribution in [1.82, 2.24) is 15.1 Å². The molecule has 2 heterocycles. The number of ether oxygens (including phenoxy) is 1. The van der Waals surface area contributed by atoms with Crippen LogP contribution >= 0.6 is 22.9 Å². The fraction of sp³-hybridized carbons (Fsp3) is 0.222. The lowest BCUT2D eigenvalue weighted by Gasteiger charge is -2.04. The van der Waals surface area contributed by atoms with E-state index in [1.54, 1.807) is 23.0 Å². The van der Waals surface area contributed by atoms with Crippen molar-refractivity contribution < 1.29 is 9.53 Å². The summed E-state index contributed by atoms with van der Waals surface area (Å²) >= 11 is 7.25. The van der Waals surface area contributed by atoms with Crippen molar-refractivity contribution in [3.63, 3.8) is 0 Å². The second-order valence-electron chi connectivity index (χ2n) is 5.62. The Morgan fingerprint density at radius 1 is 1.36 bits per heavy atom. The Labute approximate surface area is 155 Å². The minimum Gasteiger partial charge on any atom is -0.489 e. The lowest BCUT2D eigenvalue weighted by Crippen LogP contribution is -2.22. The van der Waals surface area contributed by atoms with Crippen LogP contribution in [0, 0.1) is 6.92 Å². The number of carbonyl (C=O) groups is 1. The maximum absolute atomic E-state index is 12.3. The molecule has 0 radical (unpaired) electrons. The maximum atomic E-state index is 12.3. The third-order valence-electron chi connectivity index (χ3n) is 3.87. The van der Waals surface area contributed by atoms with E-state index in [-0.39, 0.29) is 5.91 Å². The SMILES string of the molecule is Cc1c(CNC(=O)c2cc(COc3ccc(Cl)cc3)cs2)cnn1C. The summed E-state index contributed by atoms with van der Waals surface area (Å²) in [6.07, 6.45) is 1.77. The Morgan fingerprint density at radius 3 is 2.80 bits per heavy atom. The van der Waals surface area contributed by atoms with Crippen LogP contribution in [0.4, 0.5) is 0 Å². The highest BCUT2D eigenvalue weighted by Gasteiger charge is 2.11. The summed E-state index contributed by atoms with van der Waals surface area (Å²) < 4.78 is 7.48. The molecule has 0 aliphatic carbocycles. The predicted molar refractivity (Wildman–Crippen MR) is 99.2 cm³/mol. The number of carbonyl (C=O) groups excluding carboxylic acids is 1. The van der Waals surface area contributed by atoms with Gasteiger partial charge in [-0.2, -0.15) is 5.10 Å². The Morgan fingerprint density at radius 2 is 2.12 bits per heavy atom. The Balaban J connectivity index is 1.54. The molecular weight excluding hydrogens is 358 g/mol. The molecule has 0 unspecified atom stereocenters. The number of nitrogens with one attached hydrogen (secondary N) is 1. The third kappa shape index (κ3) is 4.41. The molecule has 3 aromatic rings. The van der Waals surface area contributed by atoms with Crippen LogP contribution in [0.2, 0.25) is 5.02 Å². The zero-order valence-electron chi connectivity index (χ0n) is 14.0. The molecule has 130 valence electrons. The molecule has 0 spiro atoms. The standard InChI is InChI=1S/C18H18ClN3O2S/c1-12-14(9-21-22(12)2)8-20-18(23)17-7-13(11-25-17)10-24-16-5-3-15(19)4-6-16/h3-7,9,11H,8,10H2,1-2H3,(H,20,23). The zero-order chi connectivity index (χ0) is 17.8. The van der Waals surface area contributed by atoms with Crippen molar-refractivity contribution in [3.8, 4) is 5.75 Å². The summed E-state index contributed by atoms with van der Waals surface area (Å²) in [6, 6.07) is 9.05. The quantitative estimate of drug-likeness (QED) is 0.709. The summed E-state index contributed by atoms with van der Waals surface area (Å²) in [5.74, 6) is 0.652. The van der Waals surface area contributed by atoms with Crippen molar-refractivity contribution in [2.75, 3.05) is 0 Å². The molecule has 5 nitrogen and oxygen atoms in total. The monoisotopic (exact) mass is 375 g/mol. The normalized spacial score (nSPS) is 10.7. The van der Waals surface area contributed by atoms with Crippen LogP contribution < -0.4 is 10.1 Å². The van der Waals surface area contributed by atoms with E-state index in [1.165, 1.54) is 11.3 Å². The zero-order valence-corrected chi connectivity index (χ0v) is 15.5. The Hall–Kier alpha value is -2.31. The van der Waals surface area contributed by atoms with E-state index in [4.69, 9.17) is 16.3 Å². The van der Waals surface area contributed by atoms with E-state index in [0.29, 0.717) is 23.1 Å². The number of hydrogen-bond acceptors (Lipinski definition) is 4. The fourth-order valence-electron chi connectivity index (χ4n) is 2.25. The summed E-state index contributed by atoms with van der Waals surface area (Å²) in [6.45, 7) is 2.85. The van der Waals surface area contributed by atoms with Crippen molar-refractivity contribution in [2.24, 2.45) is 7.05 Å². The fourth-order valence-corrected chi connectivity index (χ4v) is 3.19. The highest BCUT2D eigenvalue weighted by atomic mass is 35.5. The number of rotatable bonds is 6. The van der Waals surface area contributed by atoms with Crippen LogP contribution in [0.1, 0.15) is 26.5 Å². The van der Waals surface area contributed by atoms with Crippen molar-refractivity contribution in [3.05, 3.63) is 68.6 Å². The lowest BCUT2D eigenvalue weighted by molar-refractivity contribution is 0.0955. The van der Waals surface area contributed by atoms with Crippen molar-refractivity contribution in [1.29, 1.82) is 0 Å². The molecule has 2 aromatic heterocycles. The van der Waals surface area contributed by atoms with Gasteiger partial charge in [0.1, 0.15) is 12.4 Å². The predicted octanol–water partition coefficient (Wildman–Crippen LogP) is 3.95. The topological polar surface area (TPSA) is 56.1 Å². The summed E-state index contributed by atoms with van der Waals surface area (Å²) in [5.41, 5.74) is 3.02. The van der Waals surface area contributed by atoms with E-state index in [0.717, 1.165) is 22.6 Å². The molecule has 0 atom stereocenters. The van der Waals surface area contributed by atoms with Crippen LogP contribution in [-0.4, -0.2) is 15.7 Å². The molecule has 1 amide bonds. The van der Waals surface area contributed by atoms with Gasteiger partial charge in [0.15, 0.2) is 0 Å². The van der Waals surface area contributed by atoms with Gasteiger partial charge in [0.25, 0.3) is 5.91 Å². The minimum absolute atomic E-state index is 0.0917. The molecule has 7 heteroatoms. The van der Waals surface area contributed by atoms with Gasteiger partial charge >= 0.3 is 0 Å². The summed E-state index contributed by atoms with van der Waals surface area (Å²) in [7, 11) is 1.88. The number of thiophene rings is 1. The first-order chi connectivity index (χ1) is 12.0. The number of hydrogen-bond donors (Lipinski definition) is 1. The molecular formula is C18H18ClN3O2S. The molecule has 3 rings (SSSR count). The van der Waals surface area contributed by atoms with Gasteiger partial charge in [0, 0.05) is 35.4 Å². The molecule has 0 aliphatic heterocycles. The van der Waals surface area contributed by atoms with Gasteiger partial charge in [0.05, 0.1) is 11.1 Å². The van der Waals surface area contributed by atoms with Crippen LogP contribution in [0.15, 0.2) is 41.9 Å². The van der Waals surface area contributed by atoms with Crippen LogP contribution in [-0.2, 0) is 20.2 Å². The van der Waals surface area contributed by atoms with Gasteiger partial charge in [-0.15, -0.1) is 11.3 Å². The van der Waals surface area contributed by atoms with E-state index < -0.39 is 0 Å². The average molecular weight is 376 g/mol. The smallest absolute Gasteiger partial charge is 0.261 e. The Bertz CT molecular complexity index is 871. The molecule has 0 saturated heterocycles. The van der Waals surface area contributed by atoms with Gasteiger partial charge in [-0.1, -0.05) is 11.6 Å². The van der Waals surface area contributed by atoms with Crippen LogP contribution in [0.5, 0.6) is 5.75 Å². The maximum Gasteiger partial charge on any atom is 0.261 e. The van der Waals surface area contributed by atoms with E-state index >= 15 is 0 Å². The molecule has 1 N–H and O–H groups in total. The van der Waals surface area contributed by atoms with E-state index in [1.807, 2.05) is 37.6 Å².